The van der Waals surface area contributed by atoms with Gasteiger partial charge < -0.3 is 0 Å². The predicted molar refractivity (Wildman–Crippen MR) is 98.9 cm³/mol. The molecule has 25 heavy (non-hydrogen) atoms. The van der Waals surface area contributed by atoms with Crippen LogP contribution >= 0.6 is 46.3 Å². The number of imide groups is 1. The minimum Gasteiger partial charge on any atom is -0.268 e. The summed E-state index contributed by atoms with van der Waals surface area (Å²) >= 11 is 13.5. The smallest absolute Gasteiger partial charge is 0.268 e. The minimum atomic E-state index is -0.502. The van der Waals surface area contributed by atoms with Crippen molar-refractivity contribution in [3.63, 3.8) is 0 Å². The maximum atomic E-state index is 12.4. The van der Waals surface area contributed by atoms with Gasteiger partial charge in [-0.15, -0.1) is 0 Å². The Bertz CT molecular complexity index is 926. The molecule has 128 valence electrons. The highest BCUT2D eigenvalue weighted by atomic mass is 35.5. The third-order valence-corrected chi connectivity index (χ3v) is 5.89. The molecule has 1 aromatic heterocycles. The van der Waals surface area contributed by atoms with Gasteiger partial charge in [-0.25, -0.2) is 0 Å². The SMILES string of the molecule is O=C1S/C(=C\c2ccc([N+](=O)[O-])s2)C(=O)N1Cc1ccc(Cl)c(Cl)c1. The van der Waals surface area contributed by atoms with E-state index in [4.69, 9.17) is 23.2 Å². The number of hydrogen-bond donors (Lipinski definition) is 0. The summed E-state index contributed by atoms with van der Waals surface area (Å²) in [6.07, 6.45) is 1.48. The maximum Gasteiger partial charge on any atom is 0.324 e. The molecular weight excluding hydrogens is 407 g/mol. The zero-order valence-electron chi connectivity index (χ0n) is 12.3. The lowest BCUT2D eigenvalue weighted by Crippen LogP contribution is -2.27. The fraction of sp³-hybridized carbons (Fsp3) is 0.0667. The van der Waals surface area contributed by atoms with E-state index >= 15 is 0 Å². The van der Waals surface area contributed by atoms with Crippen LogP contribution in [0, 0.1) is 10.1 Å². The zero-order valence-corrected chi connectivity index (χ0v) is 15.4. The van der Waals surface area contributed by atoms with Crippen molar-refractivity contribution < 1.29 is 14.5 Å². The van der Waals surface area contributed by atoms with E-state index in [0.29, 0.717) is 20.5 Å². The van der Waals surface area contributed by atoms with E-state index in [1.54, 1.807) is 18.2 Å². The van der Waals surface area contributed by atoms with Crippen molar-refractivity contribution in [1.82, 2.24) is 4.90 Å². The molecule has 1 saturated heterocycles. The van der Waals surface area contributed by atoms with Gasteiger partial charge in [-0.3, -0.25) is 24.6 Å². The molecule has 0 bridgehead atoms. The number of nitro groups is 1. The molecule has 1 fully saturated rings. The Morgan fingerprint density at radius 1 is 1.16 bits per heavy atom. The van der Waals surface area contributed by atoms with Gasteiger partial charge >= 0.3 is 5.00 Å². The Hall–Kier alpha value is -1.87. The van der Waals surface area contributed by atoms with Crippen LogP contribution in [0.1, 0.15) is 10.4 Å². The number of thiophene rings is 1. The third-order valence-electron chi connectivity index (χ3n) is 3.26. The van der Waals surface area contributed by atoms with Crippen LogP contribution in [0.5, 0.6) is 0 Å². The number of halogens is 2. The van der Waals surface area contributed by atoms with Crippen LogP contribution in [-0.4, -0.2) is 21.0 Å². The van der Waals surface area contributed by atoms with Crippen LogP contribution in [-0.2, 0) is 11.3 Å². The van der Waals surface area contributed by atoms with E-state index in [-0.39, 0.29) is 16.5 Å². The molecule has 0 N–H and O–H groups in total. The molecule has 1 aliphatic heterocycles. The van der Waals surface area contributed by atoms with Crippen molar-refractivity contribution in [3.8, 4) is 0 Å². The minimum absolute atomic E-state index is 0.0266. The molecule has 0 aliphatic carbocycles. The Morgan fingerprint density at radius 2 is 1.92 bits per heavy atom. The monoisotopic (exact) mass is 414 g/mol. The molecule has 2 amide bonds. The molecule has 1 aromatic carbocycles. The lowest BCUT2D eigenvalue weighted by Gasteiger charge is -2.12. The highest BCUT2D eigenvalue weighted by molar-refractivity contribution is 8.18. The molecule has 0 unspecified atom stereocenters. The number of amides is 2. The van der Waals surface area contributed by atoms with E-state index in [9.17, 15) is 19.7 Å². The van der Waals surface area contributed by atoms with Crippen molar-refractivity contribution in [2.45, 2.75) is 6.54 Å². The average molecular weight is 415 g/mol. The summed E-state index contributed by atoms with van der Waals surface area (Å²) in [6, 6.07) is 7.77. The highest BCUT2D eigenvalue weighted by Gasteiger charge is 2.35. The van der Waals surface area contributed by atoms with Crippen LogP contribution in [0.4, 0.5) is 9.80 Å². The van der Waals surface area contributed by atoms with E-state index < -0.39 is 16.1 Å². The molecule has 0 radical (unpaired) electrons. The quantitative estimate of drug-likeness (QED) is 0.390. The first-order valence-electron chi connectivity index (χ1n) is 6.78. The van der Waals surface area contributed by atoms with Gasteiger partial charge in [0.25, 0.3) is 11.1 Å². The molecule has 1 aliphatic rings. The summed E-state index contributed by atoms with van der Waals surface area (Å²) in [5.41, 5.74) is 0.671. The Kier molecular flexibility index (Phi) is 5.14. The lowest BCUT2D eigenvalue weighted by atomic mass is 10.2. The summed E-state index contributed by atoms with van der Waals surface area (Å²) < 4.78 is 0. The van der Waals surface area contributed by atoms with Gasteiger partial charge in [0.05, 0.1) is 26.4 Å². The molecule has 10 heteroatoms. The van der Waals surface area contributed by atoms with Crippen LogP contribution in [0.2, 0.25) is 10.0 Å². The second-order valence-corrected chi connectivity index (χ2v) is 7.85. The zero-order chi connectivity index (χ0) is 18.1. The first kappa shape index (κ1) is 17.9. The molecule has 0 spiro atoms. The number of thioether (sulfide) groups is 1. The Morgan fingerprint density at radius 3 is 2.56 bits per heavy atom. The average Bonchev–Trinajstić information content (AvgIpc) is 3.12. The fourth-order valence-electron chi connectivity index (χ4n) is 2.10. The predicted octanol–water partition coefficient (Wildman–Crippen LogP) is 5.20. The topological polar surface area (TPSA) is 80.5 Å². The van der Waals surface area contributed by atoms with Gasteiger partial charge in [-0.2, -0.15) is 0 Å². The van der Waals surface area contributed by atoms with Crippen LogP contribution < -0.4 is 0 Å². The number of benzene rings is 1. The summed E-state index contributed by atoms with van der Waals surface area (Å²) in [5.74, 6) is -0.447. The van der Waals surface area contributed by atoms with Gasteiger partial charge in [-0.1, -0.05) is 40.6 Å². The van der Waals surface area contributed by atoms with Gasteiger partial charge in [0, 0.05) is 10.9 Å². The van der Waals surface area contributed by atoms with Crippen molar-refractivity contribution in [2.75, 3.05) is 0 Å². The second-order valence-electron chi connectivity index (χ2n) is 4.95. The van der Waals surface area contributed by atoms with E-state index in [1.165, 1.54) is 18.2 Å². The van der Waals surface area contributed by atoms with Gasteiger partial charge in [-0.05, 0) is 41.6 Å². The standard InChI is InChI=1S/C15H8Cl2N2O4S2/c16-10-3-1-8(5-11(10)17)7-18-14(20)12(25-15(18)21)6-9-2-4-13(24-9)19(22)23/h1-6H,7H2/b12-6-. The number of nitrogens with zero attached hydrogens (tertiary/aromatic N) is 2. The van der Waals surface area contributed by atoms with E-state index in [1.807, 2.05) is 0 Å². The van der Waals surface area contributed by atoms with E-state index in [2.05, 4.69) is 0 Å². The molecule has 0 atom stereocenters. The first-order valence-corrected chi connectivity index (χ1v) is 9.17. The lowest BCUT2D eigenvalue weighted by molar-refractivity contribution is -0.380. The molecule has 2 heterocycles. The van der Waals surface area contributed by atoms with Gasteiger partial charge in [0.15, 0.2) is 0 Å². The number of hydrogen-bond acceptors (Lipinski definition) is 6. The highest BCUT2D eigenvalue weighted by Crippen LogP contribution is 2.36. The number of rotatable bonds is 4. The molecular formula is C15H8Cl2N2O4S2. The number of carbonyl (C=O) groups is 2. The first-order chi connectivity index (χ1) is 11.8. The van der Waals surface area contributed by atoms with Crippen molar-refractivity contribution in [2.24, 2.45) is 0 Å². The van der Waals surface area contributed by atoms with Crippen molar-refractivity contribution >= 4 is 68.5 Å². The summed E-state index contributed by atoms with van der Waals surface area (Å²) in [4.78, 5) is 36.6. The molecule has 3 rings (SSSR count). The maximum absolute atomic E-state index is 12.4. The van der Waals surface area contributed by atoms with Crippen LogP contribution in [0.25, 0.3) is 6.08 Å². The largest absolute Gasteiger partial charge is 0.324 e. The van der Waals surface area contributed by atoms with E-state index in [0.717, 1.165) is 28.0 Å². The summed E-state index contributed by atoms with van der Waals surface area (Å²) in [5, 5.41) is 11.0. The summed E-state index contributed by atoms with van der Waals surface area (Å²) in [6.45, 7) is 0.0729. The van der Waals surface area contributed by atoms with Crippen molar-refractivity contribution in [3.05, 3.63) is 65.8 Å². The fourth-order valence-corrected chi connectivity index (χ4v) is 4.09. The Balaban J connectivity index is 1.80. The second kappa shape index (κ2) is 7.17. The normalized spacial score (nSPS) is 16.1. The number of carbonyl (C=O) groups excluding carboxylic acids is 2. The molecule has 2 aromatic rings. The van der Waals surface area contributed by atoms with Gasteiger partial charge in [0.1, 0.15) is 0 Å². The van der Waals surface area contributed by atoms with Gasteiger partial charge in [0.2, 0.25) is 0 Å². The molecule has 6 nitrogen and oxygen atoms in total. The van der Waals surface area contributed by atoms with Crippen LogP contribution in [0.15, 0.2) is 35.2 Å². The summed E-state index contributed by atoms with van der Waals surface area (Å²) in [7, 11) is 0. The molecule has 0 saturated carbocycles. The van der Waals surface area contributed by atoms with Crippen molar-refractivity contribution in [1.29, 1.82) is 0 Å². The Labute approximate surface area is 160 Å². The van der Waals surface area contributed by atoms with Crippen LogP contribution in [0.3, 0.4) is 0 Å². The third kappa shape index (κ3) is 3.87.